The minimum Gasteiger partial charge on any atom is -0.461 e. The zero-order chi connectivity index (χ0) is 14.2. The monoisotopic (exact) mass is 269 g/mol. The summed E-state index contributed by atoms with van der Waals surface area (Å²) in [4.78, 5) is 21.6. The summed E-state index contributed by atoms with van der Waals surface area (Å²) in [6.07, 6.45) is -6.93. The van der Waals surface area contributed by atoms with Crippen molar-refractivity contribution in [1.29, 1.82) is 0 Å². The van der Waals surface area contributed by atoms with Crippen LogP contribution in [0.4, 0.5) is 18.0 Å². The minimum absolute atomic E-state index is 0.0584. The Morgan fingerprint density at radius 1 is 1.44 bits per heavy atom. The van der Waals surface area contributed by atoms with Gasteiger partial charge in [0.1, 0.15) is 12.7 Å². The Labute approximate surface area is 102 Å². The lowest BCUT2D eigenvalue weighted by Crippen LogP contribution is -2.32. The predicted octanol–water partition coefficient (Wildman–Crippen LogP) is 1.78. The quantitative estimate of drug-likeness (QED) is 0.453. The van der Waals surface area contributed by atoms with Crippen molar-refractivity contribution in [2.75, 3.05) is 13.2 Å². The Morgan fingerprint density at radius 3 is 2.56 bits per heavy atom. The maximum Gasteiger partial charge on any atom is 0.407 e. The molecule has 1 unspecified atom stereocenters. The molecule has 1 amide bonds. The molecule has 1 atom stereocenters. The number of alkyl carbamates (subject to hydrolysis) is 1. The topological polar surface area (TPSA) is 64.6 Å². The van der Waals surface area contributed by atoms with Crippen LogP contribution in [0.25, 0.3) is 0 Å². The van der Waals surface area contributed by atoms with Crippen molar-refractivity contribution in [3.63, 3.8) is 0 Å². The number of amides is 1. The first-order valence-corrected chi connectivity index (χ1v) is 5.05. The first kappa shape index (κ1) is 16.3. The molecule has 0 saturated heterocycles. The van der Waals surface area contributed by atoms with Crippen LogP contribution in [0, 0.1) is 0 Å². The third-order valence-electron chi connectivity index (χ3n) is 1.61. The van der Waals surface area contributed by atoms with E-state index >= 15 is 0 Å². The average Bonchev–Trinajstić information content (AvgIpc) is 2.21. The van der Waals surface area contributed by atoms with Crippen molar-refractivity contribution in [2.45, 2.75) is 25.6 Å². The highest BCUT2D eigenvalue weighted by Gasteiger charge is 2.31. The molecule has 104 valence electrons. The average molecular weight is 269 g/mol. The van der Waals surface area contributed by atoms with Gasteiger partial charge in [-0.25, -0.2) is 9.59 Å². The predicted molar refractivity (Wildman–Crippen MR) is 55.8 cm³/mol. The van der Waals surface area contributed by atoms with E-state index in [1.165, 1.54) is 0 Å². The molecule has 0 aliphatic heterocycles. The molecule has 0 saturated carbocycles. The molecule has 0 aliphatic rings. The number of carbonyl (C=O) groups is 2. The lowest BCUT2D eigenvalue weighted by molar-refractivity contribution is -0.151. The second-order valence-electron chi connectivity index (χ2n) is 3.33. The Morgan fingerprint density at radius 2 is 2.06 bits per heavy atom. The number of alkyl halides is 3. The van der Waals surface area contributed by atoms with Gasteiger partial charge in [0.15, 0.2) is 0 Å². The number of nitrogens with one attached hydrogen (secondary N) is 1. The lowest BCUT2D eigenvalue weighted by atomic mass is 10.3. The highest BCUT2D eigenvalue weighted by molar-refractivity contribution is 5.81. The Hall–Kier alpha value is -1.73. The molecule has 1 N–H and O–H groups in total. The fourth-order valence-corrected chi connectivity index (χ4v) is 0.956. The van der Waals surface area contributed by atoms with Gasteiger partial charge in [-0.3, -0.25) is 0 Å². The second-order valence-corrected chi connectivity index (χ2v) is 3.33. The summed E-state index contributed by atoms with van der Waals surface area (Å²) in [5, 5.41) is 2.14. The number of rotatable bonds is 6. The van der Waals surface area contributed by atoms with Gasteiger partial charge in [0.25, 0.3) is 0 Å². The van der Waals surface area contributed by atoms with Gasteiger partial charge in [-0.2, -0.15) is 13.2 Å². The number of carbonyl (C=O) groups excluding carboxylic acids is 2. The molecule has 0 aromatic heterocycles. The summed E-state index contributed by atoms with van der Waals surface area (Å²) in [6.45, 7) is 4.11. The van der Waals surface area contributed by atoms with Gasteiger partial charge in [-0.1, -0.05) is 6.58 Å². The highest BCUT2D eigenvalue weighted by atomic mass is 19.4. The van der Waals surface area contributed by atoms with E-state index in [0.29, 0.717) is 0 Å². The van der Waals surface area contributed by atoms with Gasteiger partial charge in [-0.15, -0.1) is 0 Å². The van der Waals surface area contributed by atoms with E-state index in [4.69, 9.17) is 0 Å². The molecule has 0 rings (SSSR count). The van der Waals surface area contributed by atoms with E-state index in [2.05, 4.69) is 21.4 Å². The molecule has 18 heavy (non-hydrogen) atoms. The van der Waals surface area contributed by atoms with Crippen LogP contribution in [-0.2, 0) is 14.3 Å². The summed E-state index contributed by atoms with van der Waals surface area (Å²) >= 11 is 0. The van der Waals surface area contributed by atoms with Crippen LogP contribution in [0.15, 0.2) is 12.7 Å². The number of halogens is 3. The summed E-state index contributed by atoms with van der Waals surface area (Å²) in [5.41, 5.74) is 0. The van der Waals surface area contributed by atoms with E-state index in [1.54, 1.807) is 0 Å². The standard InChI is InChI=1S/C10H14F3NO4/c1-3-8(15)17-5-4-14-9(16)18-7(2)6-10(11,12)13/h3,7H,1,4-6H2,2H3,(H,14,16). The van der Waals surface area contributed by atoms with Crippen molar-refractivity contribution in [3.8, 4) is 0 Å². The molecule has 0 aliphatic carbocycles. The van der Waals surface area contributed by atoms with E-state index in [-0.39, 0.29) is 13.2 Å². The number of hydrogen-bond acceptors (Lipinski definition) is 4. The van der Waals surface area contributed by atoms with Gasteiger partial charge in [-0.05, 0) is 6.92 Å². The third kappa shape index (κ3) is 9.49. The van der Waals surface area contributed by atoms with E-state index in [1.807, 2.05) is 0 Å². The number of hydrogen-bond donors (Lipinski definition) is 1. The van der Waals surface area contributed by atoms with Gasteiger partial charge in [0.05, 0.1) is 13.0 Å². The van der Waals surface area contributed by atoms with Gasteiger partial charge in [0.2, 0.25) is 0 Å². The van der Waals surface area contributed by atoms with Crippen molar-refractivity contribution >= 4 is 12.1 Å². The molecule has 0 radical (unpaired) electrons. The molecule has 0 spiro atoms. The normalized spacial score (nSPS) is 12.4. The van der Waals surface area contributed by atoms with Crippen molar-refractivity contribution in [2.24, 2.45) is 0 Å². The fourth-order valence-electron chi connectivity index (χ4n) is 0.956. The van der Waals surface area contributed by atoms with Crippen molar-refractivity contribution < 1.29 is 32.2 Å². The number of esters is 1. The third-order valence-corrected chi connectivity index (χ3v) is 1.61. The van der Waals surface area contributed by atoms with Crippen LogP contribution in [0.3, 0.4) is 0 Å². The van der Waals surface area contributed by atoms with Gasteiger partial charge in [0, 0.05) is 6.08 Å². The summed E-state index contributed by atoms with van der Waals surface area (Å²) < 4.78 is 44.7. The molecule has 0 bridgehead atoms. The fraction of sp³-hybridized carbons (Fsp3) is 0.600. The highest BCUT2D eigenvalue weighted by Crippen LogP contribution is 2.22. The molecule has 0 fully saturated rings. The smallest absolute Gasteiger partial charge is 0.407 e. The van der Waals surface area contributed by atoms with Crippen LogP contribution in [0.2, 0.25) is 0 Å². The molecule has 0 aromatic rings. The van der Waals surface area contributed by atoms with Crippen LogP contribution in [-0.4, -0.2) is 37.5 Å². The van der Waals surface area contributed by atoms with E-state index in [0.717, 1.165) is 13.0 Å². The Bertz CT molecular complexity index is 304. The minimum atomic E-state index is -4.39. The molecule has 5 nitrogen and oxygen atoms in total. The molecule has 8 heteroatoms. The first-order chi connectivity index (χ1) is 8.24. The molecule has 0 heterocycles. The van der Waals surface area contributed by atoms with Gasteiger partial charge >= 0.3 is 18.2 Å². The zero-order valence-electron chi connectivity index (χ0n) is 9.75. The van der Waals surface area contributed by atoms with Crippen molar-refractivity contribution in [3.05, 3.63) is 12.7 Å². The zero-order valence-corrected chi connectivity index (χ0v) is 9.75. The van der Waals surface area contributed by atoms with Crippen molar-refractivity contribution in [1.82, 2.24) is 5.32 Å². The molecule has 0 aromatic carbocycles. The summed E-state index contributed by atoms with van der Waals surface area (Å²) in [6, 6.07) is 0. The van der Waals surface area contributed by atoms with Crippen LogP contribution < -0.4 is 5.32 Å². The number of ether oxygens (including phenoxy) is 2. The van der Waals surface area contributed by atoms with Crippen LogP contribution >= 0.6 is 0 Å². The van der Waals surface area contributed by atoms with E-state index < -0.39 is 30.8 Å². The largest absolute Gasteiger partial charge is 0.461 e. The summed E-state index contributed by atoms with van der Waals surface area (Å²) in [7, 11) is 0. The van der Waals surface area contributed by atoms with Gasteiger partial charge < -0.3 is 14.8 Å². The van der Waals surface area contributed by atoms with Crippen LogP contribution in [0.1, 0.15) is 13.3 Å². The van der Waals surface area contributed by atoms with E-state index in [9.17, 15) is 22.8 Å². The Balaban J connectivity index is 3.71. The molecular formula is C10H14F3NO4. The first-order valence-electron chi connectivity index (χ1n) is 5.05. The second kappa shape index (κ2) is 7.57. The maximum absolute atomic E-state index is 11.9. The van der Waals surface area contributed by atoms with Crippen LogP contribution in [0.5, 0.6) is 0 Å². The lowest BCUT2D eigenvalue weighted by Gasteiger charge is -2.15. The Kier molecular flexibility index (Phi) is 6.84. The summed E-state index contributed by atoms with van der Waals surface area (Å²) in [5.74, 6) is -0.657. The molecular weight excluding hydrogens is 255 g/mol. The SMILES string of the molecule is C=CC(=O)OCCNC(=O)OC(C)CC(F)(F)F. The maximum atomic E-state index is 11.9.